The van der Waals surface area contributed by atoms with E-state index in [0.717, 1.165) is 42.9 Å². The lowest BCUT2D eigenvalue weighted by Gasteiger charge is -2.30. The van der Waals surface area contributed by atoms with Crippen LogP contribution in [0.25, 0.3) is 0 Å². The van der Waals surface area contributed by atoms with Gasteiger partial charge in [0, 0.05) is 6.04 Å². The summed E-state index contributed by atoms with van der Waals surface area (Å²) in [4.78, 5) is 13.0. The summed E-state index contributed by atoms with van der Waals surface area (Å²) in [5.74, 6) is 1.27. The van der Waals surface area contributed by atoms with Gasteiger partial charge in [-0.1, -0.05) is 31.0 Å². The molecule has 0 bridgehead atoms. The molecule has 1 unspecified atom stereocenters. The van der Waals surface area contributed by atoms with E-state index in [-0.39, 0.29) is 16.8 Å². The number of carbonyl (C=O) groups excluding carboxylic acids is 1. The molecule has 1 aliphatic carbocycles. The molecular formula is C20H32N2O3S2. The average molecular weight is 413 g/mol. The first kappa shape index (κ1) is 22.2. The predicted molar refractivity (Wildman–Crippen MR) is 112 cm³/mol. The molecular weight excluding hydrogens is 380 g/mol. The van der Waals surface area contributed by atoms with E-state index in [1.807, 2.05) is 13.2 Å². The molecule has 1 aromatic carbocycles. The molecule has 0 aliphatic heterocycles. The molecule has 0 radical (unpaired) electrons. The number of carbonyl (C=O) groups is 1. The normalized spacial score (nSPS) is 21.6. The second-order valence-corrected chi connectivity index (χ2v) is 10.1. The zero-order valence-electron chi connectivity index (χ0n) is 16.5. The van der Waals surface area contributed by atoms with Gasteiger partial charge in [-0.15, -0.1) is 0 Å². The van der Waals surface area contributed by atoms with E-state index in [4.69, 9.17) is 0 Å². The highest BCUT2D eigenvalue weighted by atomic mass is 32.2. The summed E-state index contributed by atoms with van der Waals surface area (Å²) in [6, 6.07) is 6.09. The molecule has 7 heteroatoms. The van der Waals surface area contributed by atoms with E-state index in [0.29, 0.717) is 6.42 Å². The molecule has 1 atom stereocenters. The van der Waals surface area contributed by atoms with Crippen LogP contribution in [0.5, 0.6) is 0 Å². The van der Waals surface area contributed by atoms with Crippen LogP contribution in [0.15, 0.2) is 29.2 Å². The number of thioether (sulfide) groups is 1. The predicted octanol–water partition coefficient (Wildman–Crippen LogP) is 3.48. The number of hydrogen-bond acceptors (Lipinski definition) is 4. The molecule has 1 saturated carbocycles. The van der Waals surface area contributed by atoms with E-state index in [2.05, 4.69) is 17.0 Å². The number of rotatable bonds is 9. The Morgan fingerprint density at radius 2 is 1.81 bits per heavy atom. The van der Waals surface area contributed by atoms with Gasteiger partial charge in [0.1, 0.15) is 6.04 Å². The van der Waals surface area contributed by atoms with Crippen molar-refractivity contribution in [2.75, 3.05) is 12.0 Å². The number of benzene rings is 1. The highest BCUT2D eigenvalue weighted by Gasteiger charge is 2.28. The van der Waals surface area contributed by atoms with Crippen LogP contribution < -0.4 is 10.0 Å². The van der Waals surface area contributed by atoms with Crippen LogP contribution in [0.4, 0.5) is 0 Å². The molecule has 1 aliphatic rings. The lowest BCUT2D eigenvalue weighted by atomic mass is 9.84. The number of aryl methyl sites for hydroxylation is 1. The smallest absolute Gasteiger partial charge is 0.241 e. The summed E-state index contributed by atoms with van der Waals surface area (Å²) < 4.78 is 28.0. The van der Waals surface area contributed by atoms with Gasteiger partial charge in [0.05, 0.1) is 4.90 Å². The number of sulfonamides is 1. The molecule has 5 nitrogen and oxygen atoms in total. The van der Waals surface area contributed by atoms with Gasteiger partial charge in [0.25, 0.3) is 0 Å². The molecule has 0 heterocycles. The van der Waals surface area contributed by atoms with Crippen molar-refractivity contribution in [1.29, 1.82) is 0 Å². The Kier molecular flexibility index (Phi) is 8.63. The van der Waals surface area contributed by atoms with E-state index in [1.54, 1.807) is 36.0 Å². The minimum atomic E-state index is -3.73. The first-order chi connectivity index (χ1) is 12.9. The number of hydrogen-bond donors (Lipinski definition) is 2. The van der Waals surface area contributed by atoms with Crippen molar-refractivity contribution in [2.24, 2.45) is 5.92 Å². The highest BCUT2D eigenvalue weighted by molar-refractivity contribution is 7.98. The molecule has 1 amide bonds. The monoisotopic (exact) mass is 412 g/mol. The van der Waals surface area contributed by atoms with Crippen molar-refractivity contribution in [3.8, 4) is 0 Å². The second-order valence-electron chi connectivity index (χ2n) is 7.40. The third kappa shape index (κ3) is 6.80. The molecule has 0 aromatic heterocycles. The Labute approximate surface area is 168 Å². The van der Waals surface area contributed by atoms with Crippen LogP contribution in [-0.4, -0.2) is 38.4 Å². The quantitative estimate of drug-likeness (QED) is 0.651. The van der Waals surface area contributed by atoms with E-state index in [9.17, 15) is 13.2 Å². The summed E-state index contributed by atoms with van der Waals surface area (Å²) in [5, 5.41) is 3.08. The third-order valence-electron chi connectivity index (χ3n) is 5.33. The van der Waals surface area contributed by atoms with Gasteiger partial charge in [-0.05, 0) is 69.1 Å². The van der Waals surface area contributed by atoms with E-state index in [1.165, 1.54) is 6.42 Å². The van der Waals surface area contributed by atoms with Crippen molar-refractivity contribution in [3.63, 3.8) is 0 Å². The van der Waals surface area contributed by atoms with Crippen molar-refractivity contribution in [2.45, 2.75) is 69.4 Å². The summed E-state index contributed by atoms with van der Waals surface area (Å²) in [6.45, 7) is 4.12. The Morgan fingerprint density at radius 3 is 2.37 bits per heavy atom. The topological polar surface area (TPSA) is 75.3 Å². The highest BCUT2D eigenvalue weighted by Crippen LogP contribution is 2.26. The molecule has 2 N–H and O–H groups in total. The van der Waals surface area contributed by atoms with Gasteiger partial charge in [-0.2, -0.15) is 16.5 Å². The zero-order chi connectivity index (χ0) is 19.9. The van der Waals surface area contributed by atoms with Crippen molar-refractivity contribution < 1.29 is 13.2 Å². The molecule has 27 heavy (non-hydrogen) atoms. The van der Waals surface area contributed by atoms with Crippen LogP contribution in [0.3, 0.4) is 0 Å². The molecule has 152 valence electrons. The van der Waals surface area contributed by atoms with Gasteiger partial charge in [-0.3, -0.25) is 4.79 Å². The van der Waals surface area contributed by atoms with Gasteiger partial charge in [-0.25, -0.2) is 8.42 Å². The van der Waals surface area contributed by atoms with Gasteiger partial charge in [0.2, 0.25) is 15.9 Å². The van der Waals surface area contributed by atoms with Crippen LogP contribution in [0.2, 0.25) is 0 Å². The standard InChI is InChI=1S/C20H32N2O3S2/c1-4-16-7-9-17(10-8-16)21-20(23)19(13-14-26-3)22-27(24,25)18-11-5-15(2)6-12-18/h5-6,11-12,16-17,19,22H,4,7-10,13-14H2,1-3H3,(H,21,23). The average Bonchev–Trinajstić information content (AvgIpc) is 2.66. The minimum Gasteiger partial charge on any atom is -0.352 e. The number of amides is 1. The maximum Gasteiger partial charge on any atom is 0.241 e. The van der Waals surface area contributed by atoms with Crippen LogP contribution in [0, 0.1) is 12.8 Å². The fourth-order valence-corrected chi connectivity index (χ4v) is 5.17. The van der Waals surface area contributed by atoms with E-state index >= 15 is 0 Å². The molecule has 2 rings (SSSR count). The van der Waals surface area contributed by atoms with E-state index < -0.39 is 16.1 Å². The fourth-order valence-electron chi connectivity index (χ4n) is 3.47. The SMILES string of the molecule is CCC1CCC(NC(=O)C(CCSC)NS(=O)(=O)c2ccc(C)cc2)CC1. The number of nitrogens with one attached hydrogen (secondary N) is 2. The van der Waals surface area contributed by atoms with Crippen LogP contribution in [0.1, 0.15) is 51.0 Å². The maximum atomic E-state index is 12.8. The first-order valence-corrected chi connectivity index (χ1v) is 12.6. The zero-order valence-corrected chi connectivity index (χ0v) is 18.2. The summed E-state index contributed by atoms with van der Waals surface area (Å²) in [6.07, 6.45) is 7.83. The fraction of sp³-hybridized carbons (Fsp3) is 0.650. The molecule has 0 spiro atoms. The molecule has 1 aromatic rings. The van der Waals surface area contributed by atoms with Crippen LogP contribution in [-0.2, 0) is 14.8 Å². The van der Waals surface area contributed by atoms with Gasteiger partial charge in [0.15, 0.2) is 0 Å². The van der Waals surface area contributed by atoms with Crippen molar-refractivity contribution in [1.82, 2.24) is 10.0 Å². The van der Waals surface area contributed by atoms with Gasteiger partial charge >= 0.3 is 0 Å². The lowest BCUT2D eigenvalue weighted by molar-refractivity contribution is -0.123. The largest absolute Gasteiger partial charge is 0.352 e. The van der Waals surface area contributed by atoms with Gasteiger partial charge < -0.3 is 5.32 Å². The Bertz CT molecular complexity index is 696. The Morgan fingerprint density at radius 1 is 1.19 bits per heavy atom. The van der Waals surface area contributed by atoms with Crippen molar-refractivity contribution >= 4 is 27.7 Å². The summed E-state index contributed by atoms with van der Waals surface area (Å²) in [5.41, 5.74) is 0.994. The summed E-state index contributed by atoms with van der Waals surface area (Å²) in [7, 11) is -3.73. The second kappa shape index (κ2) is 10.5. The minimum absolute atomic E-state index is 0.154. The van der Waals surface area contributed by atoms with Crippen LogP contribution >= 0.6 is 11.8 Å². The lowest BCUT2D eigenvalue weighted by Crippen LogP contribution is -2.50. The van der Waals surface area contributed by atoms with Crippen molar-refractivity contribution in [3.05, 3.63) is 29.8 Å². The first-order valence-electron chi connectivity index (χ1n) is 9.74. The Hall–Kier alpha value is -1.05. The third-order valence-corrected chi connectivity index (χ3v) is 7.46. The Balaban J connectivity index is 2.03. The maximum absolute atomic E-state index is 12.8. The molecule has 1 fully saturated rings. The molecule has 0 saturated heterocycles. The summed E-state index contributed by atoms with van der Waals surface area (Å²) >= 11 is 1.61.